The highest BCUT2D eigenvalue weighted by Crippen LogP contribution is 2.30. The van der Waals surface area contributed by atoms with Gasteiger partial charge in [0, 0.05) is 37.1 Å². The standard InChI is InChI=1S/C23H25ClN2O2/c1-2-28-22(27)9-6-14-25-15-17-26(18-16-25)23(19-7-4-3-5-8-19)20-10-12-21(24)13-11-20/h3-5,7-8,10-13,23H,2,14-18H2,1H3. The van der Waals surface area contributed by atoms with E-state index in [-0.39, 0.29) is 6.04 Å². The number of nitrogens with zero attached hydrogens (tertiary/aromatic N) is 2. The van der Waals surface area contributed by atoms with Gasteiger partial charge in [-0.05, 0) is 30.2 Å². The molecule has 0 aromatic heterocycles. The molecule has 0 bridgehead atoms. The molecule has 28 heavy (non-hydrogen) atoms. The Labute approximate surface area is 172 Å². The molecule has 0 N–H and O–H groups in total. The quantitative estimate of drug-likeness (QED) is 0.439. The Hall–Kier alpha value is -2.32. The first-order chi connectivity index (χ1) is 13.7. The van der Waals surface area contributed by atoms with Gasteiger partial charge in [0.2, 0.25) is 0 Å². The van der Waals surface area contributed by atoms with E-state index in [9.17, 15) is 4.79 Å². The average molecular weight is 397 g/mol. The summed E-state index contributed by atoms with van der Waals surface area (Å²) in [6, 6.07) is 18.9. The number of carbonyl (C=O) groups is 1. The Morgan fingerprint density at radius 2 is 1.68 bits per heavy atom. The maximum Gasteiger partial charge on any atom is 0.384 e. The summed E-state index contributed by atoms with van der Waals surface area (Å²) in [6.45, 7) is 6.42. The fourth-order valence-electron chi connectivity index (χ4n) is 3.46. The second kappa shape index (κ2) is 10.3. The van der Waals surface area contributed by atoms with Crippen molar-refractivity contribution in [2.75, 3.05) is 39.3 Å². The largest absolute Gasteiger partial charge is 0.456 e. The fraction of sp³-hybridized carbons (Fsp3) is 0.348. The monoisotopic (exact) mass is 396 g/mol. The van der Waals surface area contributed by atoms with E-state index in [1.165, 1.54) is 11.1 Å². The van der Waals surface area contributed by atoms with Gasteiger partial charge in [-0.2, -0.15) is 0 Å². The normalized spacial score (nSPS) is 16.1. The van der Waals surface area contributed by atoms with Crippen LogP contribution in [0.5, 0.6) is 0 Å². The van der Waals surface area contributed by atoms with Crippen molar-refractivity contribution in [1.29, 1.82) is 0 Å². The fourth-order valence-corrected chi connectivity index (χ4v) is 3.59. The number of hydrogen-bond donors (Lipinski definition) is 0. The lowest BCUT2D eigenvalue weighted by Crippen LogP contribution is -2.47. The summed E-state index contributed by atoms with van der Waals surface area (Å²) >= 11 is 6.09. The Morgan fingerprint density at radius 1 is 1.04 bits per heavy atom. The van der Waals surface area contributed by atoms with Crippen LogP contribution in [-0.2, 0) is 9.53 Å². The molecular formula is C23H25ClN2O2. The van der Waals surface area contributed by atoms with Crippen LogP contribution >= 0.6 is 11.6 Å². The molecule has 3 rings (SSSR count). The molecule has 0 amide bonds. The summed E-state index contributed by atoms with van der Waals surface area (Å²) < 4.78 is 4.84. The van der Waals surface area contributed by atoms with Gasteiger partial charge in [-0.15, -0.1) is 0 Å². The molecule has 2 aromatic rings. The average Bonchev–Trinajstić information content (AvgIpc) is 2.72. The number of esters is 1. The van der Waals surface area contributed by atoms with Crippen molar-refractivity contribution in [2.45, 2.75) is 13.0 Å². The second-order valence-corrected chi connectivity index (χ2v) is 7.14. The van der Waals surface area contributed by atoms with Crippen LogP contribution in [0.2, 0.25) is 5.02 Å². The first kappa shape index (κ1) is 20.4. The van der Waals surface area contributed by atoms with Gasteiger partial charge >= 0.3 is 5.97 Å². The van der Waals surface area contributed by atoms with Crippen LogP contribution in [0.1, 0.15) is 24.1 Å². The predicted molar refractivity (Wildman–Crippen MR) is 112 cm³/mol. The number of halogens is 1. The van der Waals surface area contributed by atoms with E-state index in [2.05, 4.69) is 58.0 Å². The zero-order valence-corrected chi connectivity index (χ0v) is 16.9. The highest BCUT2D eigenvalue weighted by Gasteiger charge is 2.26. The Bertz CT molecular complexity index is 819. The molecule has 2 aromatic carbocycles. The summed E-state index contributed by atoms with van der Waals surface area (Å²) in [5.74, 6) is 5.01. The van der Waals surface area contributed by atoms with Crippen molar-refractivity contribution in [3.63, 3.8) is 0 Å². The van der Waals surface area contributed by atoms with Gasteiger partial charge in [0.1, 0.15) is 0 Å². The minimum Gasteiger partial charge on any atom is -0.456 e. The minimum atomic E-state index is -0.451. The van der Waals surface area contributed by atoms with Crippen LogP contribution in [0.25, 0.3) is 0 Å². The van der Waals surface area contributed by atoms with Crippen LogP contribution in [-0.4, -0.2) is 55.1 Å². The van der Waals surface area contributed by atoms with E-state index in [4.69, 9.17) is 16.3 Å². The number of benzene rings is 2. The molecule has 1 fully saturated rings. The third kappa shape index (κ3) is 5.59. The first-order valence-electron chi connectivity index (χ1n) is 9.60. The van der Waals surface area contributed by atoms with Crippen LogP contribution in [0, 0.1) is 11.8 Å². The molecule has 1 atom stereocenters. The van der Waals surface area contributed by atoms with Gasteiger partial charge in [0.25, 0.3) is 0 Å². The molecule has 4 nitrogen and oxygen atoms in total. The molecule has 1 unspecified atom stereocenters. The van der Waals surface area contributed by atoms with Crippen molar-refractivity contribution >= 4 is 17.6 Å². The van der Waals surface area contributed by atoms with E-state index < -0.39 is 5.97 Å². The van der Waals surface area contributed by atoms with E-state index >= 15 is 0 Å². The first-order valence-corrected chi connectivity index (χ1v) is 9.97. The molecule has 1 aliphatic heterocycles. The van der Waals surface area contributed by atoms with Crippen LogP contribution in [0.15, 0.2) is 54.6 Å². The number of piperazine rings is 1. The molecule has 0 radical (unpaired) electrons. The van der Waals surface area contributed by atoms with Crippen LogP contribution < -0.4 is 0 Å². The van der Waals surface area contributed by atoms with Crippen molar-refractivity contribution in [3.8, 4) is 11.8 Å². The summed E-state index contributed by atoms with van der Waals surface area (Å²) in [4.78, 5) is 16.1. The summed E-state index contributed by atoms with van der Waals surface area (Å²) in [5, 5.41) is 0.751. The lowest BCUT2D eigenvalue weighted by molar-refractivity contribution is -0.136. The van der Waals surface area contributed by atoms with Gasteiger partial charge < -0.3 is 4.74 Å². The molecule has 1 aliphatic rings. The highest BCUT2D eigenvalue weighted by atomic mass is 35.5. The maximum atomic E-state index is 11.3. The predicted octanol–water partition coefficient (Wildman–Crippen LogP) is 3.61. The summed E-state index contributed by atoms with van der Waals surface area (Å²) in [5.41, 5.74) is 2.52. The molecular weight excluding hydrogens is 372 g/mol. The second-order valence-electron chi connectivity index (χ2n) is 6.70. The molecule has 0 aliphatic carbocycles. The van der Waals surface area contributed by atoms with Gasteiger partial charge in [0.05, 0.1) is 19.2 Å². The third-order valence-corrected chi connectivity index (χ3v) is 5.09. The zero-order valence-electron chi connectivity index (χ0n) is 16.1. The highest BCUT2D eigenvalue weighted by molar-refractivity contribution is 6.30. The summed E-state index contributed by atoms with van der Waals surface area (Å²) in [7, 11) is 0. The Kier molecular flexibility index (Phi) is 7.50. The SMILES string of the molecule is CCOC(=O)C#CCN1CCN(C(c2ccccc2)c2ccc(Cl)cc2)CC1. The molecule has 146 valence electrons. The number of hydrogen-bond acceptors (Lipinski definition) is 4. The third-order valence-electron chi connectivity index (χ3n) is 4.84. The van der Waals surface area contributed by atoms with E-state index in [1.807, 2.05) is 18.2 Å². The topological polar surface area (TPSA) is 32.8 Å². The van der Waals surface area contributed by atoms with Gasteiger partial charge in [-0.3, -0.25) is 9.80 Å². The van der Waals surface area contributed by atoms with Gasteiger partial charge in [0.15, 0.2) is 0 Å². The number of carbonyl (C=O) groups excluding carboxylic acids is 1. The van der Waals surface area contributed by atoms with Crippen LogP contribution in [0.3, 0.4) is 0 Å². The van der Waals surface area contributed by atoms with E-state index in [0.717, 1.165) is 31.2 Å². The van der Waals surface area contributed by atoms with E-state index in [1.54, 1.807) is 6.92 Å². The molecule has 1 heterocycles. The van der Waals surface area contributed by atoms with Crippen molar-refractivity contribution in [2.24, 2.45) is 0 Å². The molecule has 0 saturated carbocycles. The lowest BCUT2D eigenvalue weighted by Gasteiger charge is -2.39. The van der Waals surface area contributed by atoms with Crippen molar-refractivity contribution in [3.05, 3.63) is 70.7 Å². The smallest absolute Gasteiger partial charge is 0.384 e. The maximum absolute atomic E-state index is 11.3. The van der Waals surface area contributed by atoms with Crippen molar-refractivity contribution < 1.29 is 9.53 Å². The Morgan fingerprint density at radius 3 is 2.32 bits per heavy atom. The minimum absolute atomic E-state index is 0.200. The summed E-state index contributed by atoms with van der Waals surface area (Å²) in [6.07, 6.45) is 0. The van der Waals surface area contributed by atoms with Crippen molar-refractivity contribution in [1.82, 2.24) is 9.80 Å². The Balaban J connectivity index is 1.67. The molecule has 0 spiro atoms. The van der Waals surface area contributed by atoms with Gasteiger partial charge in [-0.1, -0.05) is 60.0 Å². The zero-order chi connectivity index (χ0) is 19.8. The number of ether oxygens (including phenoxy) is 1. The molecule has 5 heteroatoms. The van der Waals surface area contributed by atoms with Crippen LogP contribution in [0.4, 0.5) is 0 Å². The lowest BCUT2D eigenvalue weighted by atomic mass is 9.96. The number of rotatable bonds is 5. The molecule has 1 saturated heterocycles. The van der Waals surface area contributed by atoms with E-state index in [0.29, 0.717) is 13.2 Å². The van der Waals surface area contributed by atoms with Gasteiger partial charge in [-0.25, -0.2) is 4.79 Å².